The van der Waals surface area contributed by atoms with Crippen LogP contribution in [0.15, 0.2) is 33.9 Å². The number of hydrogen-bond donors (Lipinski definition) is 2. The molecule has 0 saturated heterocycles. The van der Waals surface area contributed by atoms with Crippen LogP contribution in [0.3, 0.4) is 0 Å². The van der Waals surface area contributed by atoms with Crippen LogP contribution < -0.4 is 26.6 Å². The van der Waals surface area contributed by atoms with Crippen LogP contribution in [-0.4, -0.2) is 28.6 Å². The van der Waals surface area contributed by atoms with Crippen LogP contribution >= 0.6 is 0 Å². The number of nitrogens with two attached hydrogens (primary N) is 1. The second-order valence-electron chi connectivity index (χ2n) is 8.86. The zero-order chi connectivity index (χ0) is 23.9. The lowest BCUT2D eigenvalue weighted by atomic mass is 9.87. The van der Waals surface area contributed by atoms with Crippen LogP contribution in [-0.2, 0) is 16.8 Å². The second-order valence-corrected chi connectivity index (χ2v) is 8.86. The van der Waals surface area contributed by atoms with Gasteiger partial charge in [-0.15, -0.1) is 0 Å². The van der Waals surface area contributed by atoms with Crippen LogP contribution in [0.1, 0.15) is 65.9 Å². The van der Waals surface area contributed by atoms with E-state index in [9.17, 15) is 14.4 Å². The van der Waals surface area contributed by atoms with Gasteiger partial charge < -0.3 is 15.4 Å². The fraction of sp³-hybridized carbons (Fsp3) is 0.542. The molecule has 1 heterocycles. The van der Waals surface area contributed by atoms with E-state index in [1.807, 2.05) is 31.2 Å². The number of nitrogens with zero attached hydrogens (tertiary/aromatic N) is 2. The summed E-state index contributed by atoms with van der Waals surface area (Å²) in [6.07, 6.45) is 2.30. The Labute approximate surface area is 189 Å². The van der Waals surface area contributed by atoms with Gasteiger partial charge in [-0.3, -0.25) is 19.1 Å². The highest BCUT2D eigenvalue weighted by Gasteiger charge is 2.22. The summed E-state index contributed by atoms with van der Waals surface area (Å²) >= 11 is 0. The Hall–Kier alpha value is -3.03. The van der Waals surface area contributed by atoms with Crippen molar-refractivity contribution in [3.8, 4) is 5.75 Å². The zero-order valence-corrected chi connectivity index (χ0v) is 19.9. The van der Waals surface area contributed by atoms with Crippen molar-refractivity contribution in [1.29, 1.82) is 0 Å². The minimum absolute atomic E-state index is 0.0255. The molecule has 2 rings (SSSR count). The number of nitrogens with one attached hydrogen (secondary N) is 1. The first-order valence-electron chi connectivity index (χ1n) is 11.3. The first-order valence-corrected chi connectivity index (χ1v) is 11.3. The van der Waals surface area contributed by atoms with E-state index in [1.165, 1.54) is 15.0 Å². The molecule has 8 heteroatoms. The number of amides is 1. The summed E-state index contributed by atoms with van der Waals surface area (Å²) in [5.74, 6) is 0.538. The van der Waals surface area contributed by atoms with Gasteiger partial charge in [0.15, 0.2) is 5.69 Å². The molecule has 0 unspecified atom stereocenters. The van der Waals surface area contributed by atoms with Gasteiger partial charge in [0.2, 0.25) is 5.91 Å². The number of carbonyl (C=O) groups is 1. The van der Waals surface area contributed by atoms with E-state index in [-0.39, 0.29) is 35.8 Å². The summed E-state index contributed by atoms with van der Waals surface area (Å²) in [7, 11) is 0. The number of unbranched alkanes of at least 4 members (excludes halogenated alkanes) is 1. The summed E-state index contributed by atoms with van der Waals surface area (Å²) in [4.78, 5) is 41.0. The van der Waals surface area contributed by atoms with Crippen molar-refractivity contribution in [2.75, 3.05) is 23.8 Å². The highest BCUT2D eigenvalue weighted by Crippen LogP contribution is 2.24. The third-order valence-corrected chi connectivity index (χ3v) is 5.36. The van der Waals surface area contributed by atoms with Crippen molar-refractivity contribution in [2.45, 2.75) is 72.3 Å². The van der Waals surface area contributed by atoms with Crippen LogP contribution in [0.25, 0.3) is 0 Å². The molecule has 8 nitrogen and oxygen atoms in total. The van der Waals surface area contributed by atoms with E-state index in [0.717, 1.165) is 18.6 Å². The molecule has 0 fully saturated rings. The van der Waals surface area contributed by atoms with Crippen molar-refractivity contribution in [3.05, 3.63) is 50.7 Å². The fourth-order valence-electron chi connectivity index (χ4n) is 3.44. The maximum absolute atomic E-state index is 12.8. The normalized spacial score (nSPS) is 11.4. The van der Waals surface area contributed by atoms with E-state index in [4.69, 9.17) is 10.5 Å². The Morgan fingerprint density at radius 1 is 1.12 bits per heavy atom. The topological polar surface area (TPSA) is 110 Å². The summed E-state index contributed by atoms with van der Waals surface area (Å²) in [5.41, 5.74) is 6.27. The van der Waals surface area contributed by atoms with Crippen molar-refractivity contribution in [2.24, 2.45) is 0 Å². The quantitative estimate of drug-likeness (QED) is 0.546. The number of carbonyl (C=O) groups excluding carboxylic acids is 1. The minimum atomic E-state index is -0.648. The Bertz CT molecular complexity index is 1020. The Morgan fingerprint density at radius 3 is 2.34 bits per heavy atom. The van der Waals surface area contributed by atoms with Crippen molar-refractivity contribution in [3.63, 3.8) is 0 Å². The molecule has 1 aromatic carbocycles. The van der Waals surface area contributed by atoms with Crippen molar-refractivity contribution < 1.29 is 9.53 Å². The first-order chi connectivity index (χ1) is 15.1. The number of aromatic amines is 1. The number of H-pyrrole nitrogens is 1. The molecule has 32 heavy (non-hydrogen) atoms. The van der Waals surface area contributed by atoms with Gasteiger partial charge in [0.05, 0.1) is 6.61 Å². The molecular formula is C24H36N4O4. The van der Waals surface area contributed by atoms with Gasteiger partial charge in [0.1, 0.15) is 11.6 Å². The molecule has 0 aliphatic heterocycles. The summed E-state index contributed by atoms with van der Waals surface area (Å²) in [6, 6.07) is 7.95. The molecule has 0 radical (unpaired) electrons. The van der Waals surface area contributed by atoms with Crippen LogP contribution in [0.5, 0.6) is 5.75 Å². The molecule has 0 saturated carbocycles. The molecule has 1 aromatic heterocycles. The minimum Gasteiger partial charge on any atom is -0.494 e. The van der Waals surface area contributed by atoms with Crippen molar-refractivity contribution >= 4 is 17.4 Å². The molecule has 3 N–H and O–H groups in total. The third-order valence-electron chi connectivity index (χ3n) is 5.36. The molecule has 2 aromatic rings. The van der Waals surface area contributed by atoms with Gasteiger partial charge in [-0.2, -0.15) is 0 Å². The predicted octanol–water partition coefficient (Wildman–Crippen LogP) is 3.43. The Kier molecular flexibility index (Phi) is 8.69. The van der Waals surface area contributed by atoms with E-state index < -0.39 is 11.2 Å². The molecule has 176 valence electrons. The highest BCUT2D eigenvalue weighted by atomic mass is 16.5. The summed E-state index contributed by atoms with van der Waals surface area (Å²) < 4.78 is 7.08. The van der Waals surface area contributed by atoms with Gasteiger partial charge in [-0.05, 0) is 42.9 Å². The lowest BCUT2D eigenvalue weighted by molar-refractivity contribution is -0.118. The standard InChI is InChI=1S/C24H36N4O4/c1-6-8-15-28-21(25)20(22(30)26-23(28)31)27(7-2)19(29)10-9-16-32-18-13-11-17(12-14-18)24(3,4)5/h11-14H,6-10,15-16,25H2,1-5H3,(H,26,30,31). The molecule has 0 atom stereocenters. The smallest absolute Gasteiger partial charge is 0.330 e. The number of hydrogen-bond acceptors (Lipinski definition) is 5. The van der Waals surface area contributed by atoms with Gasteiger partial charge in [-0.25, -0.2) is 4.79 Å². The van der Waals surface area contributed by atoms with E-state index in [0.29, 0.717) is 19.6 Å². The van der Waals surface area contributed by atoms with Gasteiger partial charge in [0, 0.05) is 19.5 Å². The second kappa shape index (κ2) is 11.0. The summed E-state index contributed by atoms with van der Waals surface area (Å²) in [5, 5.41) is 0. The highest BCUT2D eigenvalue weighted by molar-refractivity contribution is 5.95. The number of rotatable bonds is 10. The molecule has 0 aliphatic rings. The maximum atomic E-state index is 12.8. The Morgan fingerprint density at radius 2 is 1.78 bits per heavy atom. The van der Waals surface area contributed by atoms with Crippen LogP contribution in [0.4, 0.5) is 11.5 Å². The number of aromatic nitrogens is 2. The van der Waals surface area contributed by atoms with Gasteiger partial charge in [0.25, 0.3) is 5.56 Å². The first kappa shape index (κ1) is 25.2. The monoisotopic (exact) mass is 444 g/mol. The van der Waals surface area contributed by atoms with E-state index in [1.54, 1.807) is 6.92 Å². The number of benzene rings is 1. The summed E-state index contributed by atoms with van der Waals surface area (Å²) in [6.45, 7) is 11.3. The molecule has 0 spiro atoms. The molecular weight excluding hydrogens is 408 g/mol. The molecule has 1 amide bonds. The third kappa shape index (κ3) is 6.24. The van der Waals surface area contributed by atoms with Gasteiger partial charge in [-0.1, -0.05) is 46.2 Å². The van der Waals surface area contributed by atoms with E-state index >= 15 is 0 Å². The number of nitrogen functional groups attached to an aromatic ring is 1. The average Bonchev–Trinajstić information content (AvgIpc) is 2.73. The average molecular weight is 445 g/mol. The lowest BCUT2D eigenvalue weighted by Gasteiger charge is -2.23. The van der Waals surface area contributed by atoms with Crippen molar-refractivity contribution in [1.82, 2.24) is 9.55 Å². The SMILES string of the molecule is CCCCn1c(N)c(N(CC)C(=O)CCCOc2ccc(C(C)(C)C)cc2)c(=O)[nH]c1=O. The molecule has 0 bridgehead atoms. The predicted molar refractivity (Wildman–Crippen MR) is 129 cm³/mol. The number of ether oxygens (including phenoxy) is 1. The van der Waals surface area contributed by atoms with Crippen LogP contribution in [0.2, 0.25) is 0 Å². The Balaban J connectivity index is 2.03. The lowest BCUT2D eigenvalue weighted by Crippen LogP contribution is -2.41. The molecule has 0 aliphatic carbocycles. The largest absolute Gasteiger partial charge is 0.494 e. The number of anilines is 2. The maximum Gasteiger partial charge on any atom is 0.330 e. The van der Waals surface area contributed by atoms with E-state index in [2.05, 4.69) is 25.8 Å². The van der Waals surface area contributed by atoms with Gasteiger partial charge >= 0.3 is 5.69 Å². The van der Waals surface area contributed by atoms with Crippen LogP contribution in [0, 0.1) is 0 Å². The fourth-order valence-corrected chi connectivity index (χ4v) is 3.44. The zero-order valence-electron chi connectivity index (χ0n) is 19.9.